The minimum absolute atomic E-state index is 0.0462. The highest BCUT2D eigenvalue weighted by Crippen LogP contribution is 2.31. The maximum absolute atomic E-state index is 11.9. The first kappa shape index (κ1) is 19.6. The molecule has 1 amide bonds. The maximum atomic E-state index is 11.9. The number of aromatic carboxylic acids is 1. The van der Waals surface area contributed by atoms with E-state index in [0.717, 1.165) is 12.8 Å². The summed E-state index contributed by atoms with van der Waals surface area (Å²) in [5.41, 5.74) is 0.0462. The molecule has 1 N–H and O–H groups in total. The smallest absolute Gasteiger partial charge is 0.335 e. The highest BCUT2D eigenvalue weighted by molar-refractivity contribution is 5.90. The zero-order valence-corrected chi connectivity index (χ0v) is 16.1. The highest BCUT2D eigenvalue weighted by Gasteiger charge is 2.27. The van der Waals surface area contributed by atoms with Crippen LogP contribution in [0.25, 0.3) is 0 Å². The van der Waals surface area contributed by atoms with Crippen LogP contribution in [0.2, 0.25) is 0 Å². The lowest BCUT2D eigenvalue weighted by atomic mass is 10.2. The number of carbonyl (C=O) groups excluding carboxylic acids is 1. The Labute approximate surface area is 163 Å². The monoisotopic (exact) mass is 385 g/mol. The van der Waals surface area contributed by atoms with Gasteiger partial charge >= 0.3 is 5.97 Å². The van der Waals surface area contributed by atoms with Crippen molar-refractivity contribution in [1.29, 1.82) is 0 Å². The molecule has 1 aliphatic carbocycles. The van der Waals surface area contributed by atoms with E-state index in [-0.39, 0.29) is 29.2 Å². The number of carbonyl (C=O) groups is 2. The fourth-order valence-corrected chi connectivity index (χ4v) is 2.66. The zero-order chi connectivity index (χ0) is 20.3. The third-order valence-corrected chi connectivity index (χ3v) is 4.13. The Morgan fingerprint density at radius 1 is 1.18 bits per heavy atom. The van der Waals surface area contributed by atoms with Crippen molar-refractivity contribution < 1.29 is 24.2 Å². The van der Waals surface area contributed by atoms with Crippen LogP contribution in [0.1, 0.15) is 44.0 Å². The van der Waals surface area contributed by atoms with Gasteiger partial charge in [-0.25, -0.2) is 14.8 Å². The van der Waals surface area contributed by atoms with Crippen molar-refractivity contribution in [2.24, 2.45) is 5.92 Å². The number of carboxylic acid groups (broad SMARTS) is 1. The molecule has 0 bridgehead atoms. The number of benzene rings is 1. The third-order valence-electron chi connectivity index (χ3n) is 4.13. The van der Waals surface area contributed by atoms with Gasteiger partial charge in [-0.1, -0.05) is 0 Å². The van der Waals surface area contributed by atoms with E-state index in [1.54, 1.807) is 11.0 Å². The quantitative estimate of drug-likeness (QED) is 0.742. The molecule has 0 aliphatic heterocycles. The van der Waals surface area contributed by atoms with Gasteiger partial charge in [0.15, 0.2) is 5.82 Å². The molecule has 28 heavy (non-hydrogen) atoms. The molecule has 1 aliphatic rings. The van der Waals surface area contributed by atoms with E-state index in [0.29, 0.717) is 24.0 Å². The molecular weight excluding hydrogens is 362 g/mol. The molecule has 148 valence electrons. The van der Waals surface area contributed by atoms with Crippen molar-refractivity contribution in [3.63, 3.8) is 0 Å². The van der Waals surface area contributed by atoms with Crippen molar-refractivity contribution in [3.05, 3.63) is 36.2 Å². The molecule has 1 aromatic heterocycles. The molecule has 8 nitrogen and oxygen atoms in total. The normalized spacial score (nSPS) is 13.3. The van der Waals surface area contributed by atoms with Crippen LogP contribution in [0.5, 0.6) is 17.4 Å². The highest BCUT2D eigenvalue weighted by atomic mass is 16.5. The standard InChI is InChI=1S/C20H23N3O5/c1-12(2)27-16-6-15(20(25)26)7-17(8-16)28-19-10-21-18(9-22-19)23(13(3)24)11-14-4-5-14/h6-10,12,14H,4-5,11H2,1-3H3,(H,25,26). The molecule has 1 aromatic carbocycles. The molecule has 0 atom stereocenters. The number of nitrogens with zero attached hydrogens (tertiary/aromatic N) is 3. The topological polar surface area (TPSA) is 102 Å². The molecule has 0 spiro atoms. The van der Waals surface area contributed by atoms with Crippen molar-refractivity contribution >= 4 is 17.7 Å². The van der Waals surface area contributed by atoms with Gasteiger partial charge in [0.25, 0.3) is 0 Å². The molecule has 1 saturated carbocycles. The summed E-state index contributed by atoms with van der Waals surface area (Å²) in [7, 11) is 0. The zero-order valence-electron chi connectivity index (χ0n) is 16.1. The second-order valence-corrected chi connectivity index (χ2v) is 7.05. The summed E-state index contributed by atoms with van der Waals surface area (Å²) in [6.07, 6.45) is 5.03. The average Bonchev–Trinajstić information content (AvgIpc) is 3.43. The Morgan fingerprint density at radius 3 is 2.43 bits per heavy atom. The van der Waals surface area contributed by atoms with E-state index < -0.39 is 5.97 Å². The predicted molar refractivity (Wildman–Crippen MR) is 102 cm³/mol. The Kier molecular flexibility index (Phi) is 5.77. The summed E-state index contributed by atoms with van der Waals surface area (Å²) in [5.74, 6) is 0.684. The van der Waals surface area contributed by atoms with Gasteiger partial charge in [0, 0.05) is 19.5 Å². The lowest BCUT2D eigenvalue weighted by molar-refractivity contribution is -0.116. The SMILES string of the molecule is CC(=O)N(CC1CC1)c1cnc(Oc2cc(OC(C)C)cc(C(=O)O)c2)cn1. The fraction of sp³-hybridized carbons (Fsp3) is 0.400. The first-order valence-corrected chi connectivity index (χ1v) is 9.15. The van der Waals surface area contributed by atoms with Crippen LogP contribution in [-0.4, -0.2) is 39.6 Å². The van der Waals surface area contributed by atoms with Crippen molar-refractivity contribution in [3.8, 4) is 17.4 Å². The number of rotatable bonds is 8. The second kappa shape index (κ2) is 8.24. The number of amides is 1. The first-order valence-electron chi connectivity index (χ1n) is 9.15. The number of carboxylic acids is 1. The Balaban J connectivity index is 1.78. The number of hydrogen-bond acceptors (Lipinski definition) is 6. The number of ether oxygens (including phenoxy) is 2. The lowest BCUT2D eigenvalue weighted by Gasteiger charge is -2.19. The molecular formula is C20H23N3O5. The minimum Gasteiger partial charge on any atom is -0.491 e. The van der Waals surface area contributed by atoms with Crippen LogP contribution in [0.15, 0.2) is 30.6 Å². The molecule has 2 aromatic rings. The minimum atomic E-state index is -1.09. The van der Waals surface area contributed by atoms with Gasteiger partial charge in [-0.2, -0.15) is 0 Å². The Bertz CT molecular complexity index is 863. The first-order chi connectivity index (χ1) is 13.3. The summed E-state index contributed by atoms with van der Waals surface area (Å²) >= 11 is 0. The Hall–Kier alpha value is -3.16. The molecule has 0 radical (unpaired) electrons. The van der Waals surface area contributed by atoms with Crippen LogP contribution >= 0.6 is 0 Å². The van der Waals surface area contributed by atoms with E-state index in [1.165, 1.54) is 31.5 Å². The predicted octanol–water partition coefficient (Wildman–Crippen LogP) is 3.52. The van der Waals surface area contributed by atoms with Gasteiger partial charge in [-0.15, -0.1) is 0 Å². The second-order valence-electron chi connectivity index (χ2n) is 7.05. The molecule has 0 saturated heterocycles. The molecule has 3 rings (SSSR count). The largest absolute Gasteiger partial charge is 0.491 e. The van der Waals surface area contributed by atoms with Gasteiger partial charge in [0.1, 0.15) is 11.5 Å². The molecule has 1 fully saturated rings. The van der Waals surface area contributed by atoms with E-state index in [4.69, 9.17) is 9.47 Å². The van der Waals surface area contributed by atoms with Crippen molar-refractivity contribution in [1.82, 2.24) is 9.97 Å². The van der Waals surface area contributed by atoms with Crippen LogP contribution in [0, 0.1) is 5.92 Å². The average molecular weight is 385 g/mol. The Morgan fingerprint density at radius 2 is 1.89 bits per heavy atom. The maximum Gasteiger partial charge on any atom is 0.335 e. The van der Waals surface area contributed by atoms with Gasteiger partial charge < -0.3 is 14.6 Å². The summed E-state index contributed by atoms with van der Waals surface area (Å²) in [6, 6.07) is 4.42. The van der Waals surface area contributed by atoms with E-state index >= 15 is 0 Å². The lowest BCUT2D eigenvalue weighted by Crippen LogP contribution is -2.31. The fourth-order valence-electron chi connectivity index (χ4n) is 2.66. The van der Waals surface area contributed by atoms with E-state index in [2.05, 4.69) is 9.97 Å². The van der Waals surface area contributed by atoms with Crippen molar-refractivity contribution in [2.45, 2.75) is 39.7 Å². The number of aromatic nitrogens is 2. The van der Waals surface area contributed by atoms with Crippen molar-refractivity contribution in [2.75, 3.05) is 11.4 Å². The molecule has 1 heterocycles. The van der Waals surface area contributed by atoms with Crippen LogP contribution < -0.4 is 14.4 Å². The summed E-state index contributed by atoms with van der Waals surface area (Å²) < 4.78 is 11.2. The third kappa shape index (κ3) is 5.18. The summed E-state index contributed by atoms with van der Waals surface area (Å²) in [5, 5.41) is 9.28. The van der Waals surface area contributed by atoms with E-state index in [1.807, 2.05) is 13.8 Å². The molecule has 8 heteroatoms. The number of hydrogen-bond donors (Lipinski definition) is 1. The molecule has 0 unspecified atom stereocenters. The van der Waals surface area contributed by atoms with Gasteiger partial charge in [0.2, 0.25) is 11.8 Å². The van der Waals surface area contributed by atoms with Crippen LogP contribution in [-0.2, 0) is 4.79 Å². The van der Waals surface area contributed by atoms with Crippen LogP contribution in [0.4, 0.5) is 5.82 Å². The van der Waals surface area contributed by atoms with Gasteiger partial charge in [0.05, 0.1) is 24.1 Å². The van der Waals surface area contributed by atoms with Gasteiger partial charge in [-0.3, -0.25) is 9.69 Å². The summed E-state index contributed by atoms with van der Waals surface area (Å²) in [6.45, 7) is 5.84. The summed E-state index contributed by atoms with van der Waals surface area (Å²) in [4.78, 5) is 33.3. The number of anilines is 1. The van der Waals surface area contributed by atoms with Crippen LogP contribution in [0.3, 0.4) is 0 Å². The van der Waals surface area contributed by atoms with E-state index in [9.17, 15) is 14.7 Å². The van der Waals surface area contributed by atoms with Gasteiger partial charge in [-0.05, 0) is 44.7 Å².